The van der Waals surface area contributed by atoms with E-state index in [1.165, 1.54) is 11.3 Å². The Labute approximate surface area is 98.5 Å². The Bertz CT molecular complexity index is 496. The third kappa shape index (κ3) is 2.30. The number of nitrogens with zero attached hydrogens (tertiary/aromatic N) is 3. The van der Waals surface area contributed by atoms with E-state index in [1.807, 2.05) is 23.7 Å². The van der Waals surface area contributed by atoms with E-state index in [-0.39, 0.29) is 0 Å². The van der Waals surface area contributed by atoms with Crippen LogP contribution in [0.5, 0.6) is 0 Å². The van der Waals surface area contributed by atoms with Crippen LogP contribution in [0.15, 0.2) is 17.8 Å². The van der Waals surface area contributed by atoms with Crippen molar-refractivity contribution in [2.75, 3.05) is 5.73 Å². The van der Waals surface area contributed by atoms with E-state index in [0.717, 1.165) is 11.5 Å². The van der Waals surface area contributed by atoms with Gasteiger partial charge in [0.2, 0.25) is 0 Å². The standard InChI is InChI=1S/C11H14N4S/c1-8(2)15-6-5-13-10(15)4-3-9-7-16-11(12)14-9/h3-8H,1-2H3,(H2,12,14)/b4-3+. The molecule has 2 rings (SSSR count). The lowest BCUT2D eigenvalue weighted by Gasteiger charge is -2.08. The topological polar surface area (TPSA) is 56.7 Å². The fourth-order valence-electron chi connectivity index (χ4n) is 1.43. The van der Waals surface area contributed by atoms with Gasteiger partial charge in [0.05, 0.1) is 5.69 Å². The van der Waals surface area contributed by atoms with Gasteiger partial charge >= 0.3 is 0 Å². The van der Waals surface area contributed by atoms with Crippen LogP contribution in [0.2, 0.25) is 0 Å². The molecular weight excluding hydrogens is 220 g/mol. The summed E-state index contributed by atoms with van der Waals surface area (Å²) < 4.78 is 2.10. The molecule has 2 N–H and O–H groups in total. The summed E-state index contributed by atoms with van der Waals surface area (Å²) in [6, 6.07) is 0.405. The highest BCUT2D eigenvalue weighted by molar-refractivity contribution is 7.13. The van der Waals surface area contributed by atoms with Gasteiger partial charge in [-0.15, -0.1) is 11.3 Å². The molecule has 5 heteroatoms. The van der Waals surface area contributed by atoms with E-state index < -0.39 is 0 Å². The number of aromatic nitrogens is 3. The van der Waals surface area contributed by atoms with Crippen molar-refractivity contribution < 1.29 is 0 Å². The maximum Gasteiger partial charge on any atom is 0.180 e. The molecule has 0 aliphatic rings. The van der Waals surface area contributed by atoms with Crippen molar-refractivity contribution in [3.63, 3.8) is 0 Å². The minimum atomic E-state index is 0.405. The normalized spacial score (nSPS) is 11.7. The Balaban J connectivity index is 2.20. The number of anilines is 1. The lowest BCUT2D eigenvalue weighted by molar-refractivity contribution is 0.595. The number of nitrogens with two attached hydrogens (primary N) is 1. The highest BCUT2D eigenvalue weighted by Gasteiger charge is 2.02. The number of rotatable bonds is 3. The maximum atomic E-state index is 5.56. The van der Waals surface area contributed by atoms with Crippen molar-refractivity contribution in [2.45, 2.75) is 19.9 Å². The average Bonchev–Trinajstić information content (AvgIpc) is 2.83. The molecule has 0 aliphatic heterocycles. The predicted octanol–water partition coefficient (Wildman–Crippen LogP) is 2.67. The maximum absolute atomic E-state index is 5.56. The molecule has 0 saturated carbocycles. The number of imidazole rings is 1. The minimum absolute atomic E-state index is 0.405. The number of hydrogen-bond donors (Lipinski definition) is 1. The fourth-order valence-corrected chi connectivity index (χ4v) is 1.96. The van der Waals surface area contributed by atoms with E-state index >= 15 is 0 Å². The molecular formula is C11H14N4S. The average molecular weight is 234 g/mol. The SMILES string of the molecule is CC(C)n1ccnc1/C=C/c1csc(N)n1. The van der Waals surface area contributed by atoms with Gasteiger partial charge in [0.25, 0.3) is 0 Å². The molecule has 16 heavy (non-hydrogen) atoms. The van der Waals surface area contributed by atoms with Crippen LogP contribution in [0.4, 0.5) is 5.13 Å². The Hall–Kier alpha value is -1.62. The first kappa shape index (κ1) is 10.9. The molecule has 0 atom stereocenters. The number of hydrogen-bond acceptors (Lipinski definition) is 4. The molecule has 2 heterocycles. The van der Waals surface area contributed by atoms with Crippen molar-refractivity contribution in [2.24, 2.45) is 0 Å². The van der Waals surface area contributed by atoms with E-state index in [9.17, 15) is 0 Å². The van der Waals surface area contributed by atoms with Crippen molar-refractivity contribution in [3.8, 4) is 0 Å². The second-order valence-corrected chi connectivity index (χ2v) is 4.62. The van der Waals surface area contributed by atoms with Crippen molar-refractivity contribution in [1.82, 2.24) is 14.5 Å². The molecule has 4 nitrogen and oxygen atoms in total. The van der Waals surface area contributed by atoms with Crippen LogP contribution in [0.25, 0.3) is 12.2 Å². The van der Waals surface area contributed by atoms with Gasteiger partial charge in [-0.05, 0) is 26.0 Å². The van der Waals surface area contributed by atoms with Crippen LogP contribution in [0.1, 0.15) is 31.4 Å². The van der Waals surface area contributed by atoms with Crippen LogP contribution < -0.4 is 5.73 Å². The van der Waals surface area contributed by atoms with Crippen molar-refractivity contribution >= 4 is 28.6 Å². The van der Waals surface area contributed by atoms with E-state index in [2.05, 4.69) is 28.4 Å². The summed E-state index contributed by atoms with van der Waals surface area (Å²) in [5.74, 6) is 0.932. The first-order chi connectivity index (χ1) is 7.66. The summed E-state index contributed by atoms with van der Waals surface area (Å²) in [6.07, 6.45) is 7.65. The Morgan fingerprint density at radius 3 is 2.88 bits per heavy atom. The lowest BCUT2D eigenvalue weighted by atomic mass is 10.3. The first-order valence-corrected chi connectivity index (χ1v) is 5.96. The van der Waals surface area contributed by atoms with Gasteiger partial charge in [-0.3, -0.25) is 0 Å². The van der Waals surface area contributed by atoms with Gasteiger partial charge in [-0.25, -0.2) is 9.97 Å². The largest absolute Gasteiger partial charge is 0.375 e. The van der Waals surface area contributed by atoms with Crippen molar-refractivity contribution in [1.29, 1.82) is 0 Å². The van der Waals surface area contributed by atoms with Gasteiger partial charge in [0, 0.05) is 23.8 Å². The second kappa shape index (κ2) is 4.49. The van der Waals surface area contributed by atoms with Crippen molar-refractivity contribution in [3.05, 3.63) is 29.3 Å². The van der Waals surface area contributed by atoms with Crippen LogP contribution in [-0.4, -0.2) is 14.5 Å². The molecule has 0 fully saturated rings. The van der Waals surface area contributed by atoms with E-state index in [0.29, 0.717) is 11.2 Å². The van der Waals surface area contributed by atoms with E-state index in [4.69, 9.17) is 5.73 Å². The Kier molecular flexibility index (Phi) is 3.05. The second-order valence-electron chi connectivity index (χ2n) is 3.73. The van der Waals surface area contributed by atoms with Gasteiger partial charge in [0.15, 0.2) is 5.13 Å². The highest BCUT2D eigenvalue weighted by Crippen LogP contribution is 2.15. The Morgan fingerprint density at radius 2 is 2.25 bits per heavy atom. The van der Waals surface area contributed by atoms with Gasteiger partial charge in [-0.1, -0.05) is 0 Å². The van der Waals surface area contributed by atoms with Gasteiger partial charge in [0.1, 0.15) is 5.82 Å². The summed E-state index contributed by atoms with van der Waals surface area (Å²) in [7, 11) is 0. The zero-order valence-corrected chi connectivity index (χ0v) is 10.1. The minimum Gasteiger partial charge on any atom is -0.375 e. The predicted molar refractivity (Wildman–Crippen MR) is 68.1 cm³/mol. The summed E-state index contributed by atoms with van der Waals surface area (Å²) >= 11 is 1.44. The first-order valence-electron chi connectivity index (χ1n) is 5.08. The molecule has 0 aliphatic carbocycles. The molecule has 0 saturated heterocycles. The number of nitrogen functional groups attached to an aromatic ring is 1. The lowest BCUT2D eigenvalue weighted by Crippen LogP contribution is -2.01. The molecule has 0 amide bonds. The smallest absolute Gasteiger partial charge is 0.180 e. The summed E-state index contributed by atoms with van der Waals surface area (Å²) in [4.78, 5) is 8.44. The molecule has 2 aromatic heterocycles. The Morgan fingerprint density at radius 1 is 1.44 bits per heavy atom. The molecule has 0 spiro atoms. The molecule has 0 unspecified atom stereocenters. The summed E-state index contributed by atoms with van der Waals surface area (Å²) in [5, 5.41) is 2.51. The molecule has 0 radical (unpaired) electrons. The zero-order chi connectivity index (χ0) is 11.5. The van der Waals surface area contributed by atoms with Crippen LogP contribution in [0.3, 0.4) is 0 Å². The van der Waals surface area contributed by atoms with E-state index in [1.54, 1.807) is 6.20 Å². The molecule has 0 aromatic carbocycles. The quantitative estimate of drug-likeness (QED) is 0.888. The van der Waals surface area contributed by atoms with Crippen LogP contribution >= 0.6 is 11.3 Å². The summed E-state index contributed by atoms with van der Waals surface area (Å²) in [5.41, 5.74) is 6.43. The van der Waals surface area contributed by atoms with Crippen LogP contribution in [0, 0.1) is 0 Å². The molecule has 84 valence electrons. The molecule has 0 bridgehead atoms. The number of thiazole rings is 1. The van der Waals surface area contributed by atoms with Crippen LogP contribution in [-0.2, 0) is 0 Å². The third-order valence-corrected chi connectivity index (χ3v) is 2.89. The van der Waals surface area contributed by atoms with Gasteiger partial charge in [-0.2, -0.15) is 0 Å². The summed E-state index contributed by atoms with van der Waals surface area (Å²) in [6.45, 7) is 4.25. The van der Waals surface area contributed by atoms with Gasteiger partial charge < -0.3 is 10.3 Å². The highest BCUT2D eigenvalue weighted by atomic mass is 32.1. The molecule has 2 aromatic rings. The monoisotopic (exact) mass is 234 g/mol. The third-order valence-electron chi connectivity index (χ3n) is 2.20. The zero-order valence-electron chi connectivity index (χ0n) is 9.29. The fraction of sp³-hybridized carbons (Fsp3) is 0.273.